The maximum Gasteiger partial charge on any atom is 0.251 e. The van der Waals surface area contributed by atoms with Crippen molar-refractivity contribution in [3.05, 3.63) is 82.5 Å². The molecule has 0 radical (unpaired) electrons. The number of rotatable bonds is 5. The van der Waals surface area contributed by atoms with Gasteiger partial charge < -0.3 is 10.1 Å². The van der Waals surface area contributed by atoms with Gasteiger partial charge in [-0.25, -0.2) is 9.97 Å². The molecule has 0 saturated heterocycles. The molecule has 2 aromatic carbocycles. The number of aromatic nitrogens is 2. The topological polar surface area (TPSA) is 64.1 Å². The third-order valence-corrected chi connectivity index (χ3v) is 6.83. The van der Waals surface area contributed by atoms with Crippen molar-refractivity contribution in [3.8, 4) is 11.6 Å². The summed E-state index contributed by atoms with van der Waals surface area (Å²) < 4.78 is 6.17. The average Bonchev–Trinajstić information content (AvgIpc) is 3.17. The molecule has 4 aromatic rings. The van der Waals surface area contributed by atoms with Crippen LogP contribution in [-0.2, 0) is 19.4 Å². The lowest BCUT2D eigenvalue weighted by molar-refractivity contribution is 0.0950. The predicted octanol–water partition coefficient (Wildman–Crippen LogP) is 5.54. The molecule has 1 atom stereocenters. The summed E-state index contributed by atoms with van der Waals surface area (Å²) in [5.74, 6) is 1.73. The molecule has 0 spiro atoms. The van der Waals surface area contributed by atoms with Gasteiger partial charge >= 0.3 is 0 Å². The lowest BCUT2D eigenvalue weighted by Gasteiger charge is -2.18. The van der Waals surface area contributed by atoms with E-state index in [1.165, 1.54) is 16.9 Å². The molecule has 0 fully saturated rings. The molecule has 5 nitrogen and oxygen atoms in total. The van der Waals surface area contributed by atoms with Gasteiger partial charge in [0, 0.05) is 17.0 Å². The molecule has 1 N–H and O–H groups in total. The monoisotopic (exact) mass is 429 g/mol. The quantitative estimate of drug-likeness (QED) is 0.452. The van der Waals surface area contributed by atoms with E-state index < -0.39 is 0 Å². The number of fused-ring (bicyclic) bond motifs is 3. The molecule has 1 amide bonds. The zero-order valence-corrected chi connectivity index (χ0v) is 18.1. The van der Waals surface area contributed by atoms with Crippen LogP contribution in [0.3, 0.4) is 0 Å². The Kier molecular flexibility index (Phi) is 5.38. The number of nitrogens with zero attached hydrogens (tertiary/aromatic N) is 2. The molecular formula is C25H23N3O2S. The predicted molar refractivity (Wildman–Crippen MR) is 123 cm³/mol. The molecule has 156 valence electrons. The van der Waals surface area contributed by atoms with E-state index >= 15 is 0 Å². The molecule has 31 heavy (non-hydrogen) atoms. The number of aryl methyl sites for hydroxylation is 1. The highest BCUT2D eigenvalue weighted by Gasteiger charge is 2.24. The minimum absolute atomic E-state index is 0.135. The molecule has 1 aliphatic rings. The van der Waals surface area contributed by atoms with Crippen molar-refractivity contribution in [1.82, 2.24) is 15.3 Å². The first-order chi connectivity index (χ1) is 15.2. The Morgan fingerprint density at radius 3 is 2.90 bits per heavy atom. The fourth-order valence-electron chi connectivity index (χ4n) is 4.02. The highest BCUT2D eigenvalue weighted by molar-refractivity contribution is 7.18. The van der Waals surface area contributed by atoms with Crippen LogP contribution in [0.2, 0.25) is 0 Å². The van der Waals surface area contributed by atoms with Gasteiger partial charge in [0.25, 0.3) is 5.91 Å². The Balaban J connectivity index is 1.37. The molecule has 0 saturated carbocycles. The second-order valence-corrected chi connectivity index (χ2v) is 9.09. The van der Waals surface area contributed by atoms with Crippen molar-refractivity contribution in [1.29, 1.82) is 0 Å². The standard InChI is InChI=1S/C25H23N3O2S/c1-16-10-11-20-21(12-16)31-25-22(20)24(27-15-28-25)30-19-9-5-8-18(13-19)23(29)26-14-17-6-3-2-4-7-17/h2-9,13,15-16H,10-12,14H2,1H3,(H,26,29)/t16-/m1/s1. The van der Waals surface area contributed by atoms with E-state index in [2.05, 4.69) is 22.2 Å². The lowest BCUT2D eigenvalue weighted by Crippen LogP contribution is -2.22. The summed E-state index contributed by atoms with van der Waals surface area (Å²) in [7, 11) is 0. The summed E-state index contributed by atoms with van der Waals surface area (Å²) in [5.41, 5.74) is 2.94. The first-order valence-electron chi connectivity index (χ1n) is 10.5. The summed E-state index contributed by atoms with van der Waals surface area (Å²) in [6, 6.07) is 17.1. The number of amides is 1. The second kappa shape index (κ2) is 8.47. The zero-order valence-electron chi connectivity index (χ0n) is 17.3. The van der Waals surface area contributed by atoms with Crippen molar-refractivity contribution in [3.63, 3.8) is 0 Å². The first-order valence-corrected chi connectivity index (χ1v) is 11.3. The van der Waals surface area contributed by atoms with Crippen LogP contribution in [0.25, 0.3) is 10.2 Å². The number of hydrogen-bond acceptors (Lipinski definition) is 5. The van der Waals surface area contributed by atoms with Crippen LogP contribution < -0.4 is 10.1 Å². The van der Waals surface area contributed by atoms with Crippen LogP contribution in [0.4, 0.5) is 0 Å². The number of nitrogens with one attached hydrogen (secondary N) is 1. The Morgan fingerprint density at radius 2 is 2.03 bits per heavy atom. The van der Waals surface area contributed by atoms with Crippen LogP contribution >= 0.6 is 11.3 Å². The van der Waals surface area contributed by atoms with E-state index in [4.69, 9.17) is 4.74 Å². The van der Waals surface area contributed by atoms with E-state index in [1.807, 2.05) is 42.5 Å². The highest BCUT2D eigenvalue weighted by atomic mass is 32.1. The van der Waals surface area contributed by atoms with Gasteiger partial charge in [0.2, 0.25) is 5.88 Å². The molecule has 1 aliphatic carbocycles. The number of hydrogen-bond donors (Lipinski definition) is 1. The average molecular weight is 430 g/mol. The van der Waals surface area contributed by atoms with E-state index in [0.29, 0.717) is 29.7 Å². The Hall–Kier alpha value is -3.25. The molecule has 6 heteroatoms. The molecule has 0 unspecified atom stereocenters. The number of benzene rings is 2. The summed E-state index contributed by atoms with van der Waals surface area (Å²) in [5, 5.41) is 3.98. The highest BCUT2D eigenvalue weighted by Crippen LogP contribution is 2.41. The number of carbonyl (C=O) groups excluding carboxylic acids is 1. The van der Waals surface area contributed by atoms with Gasteiger partial charge in [-0.05, 0) is 54.5 Å². The zero-order chi connectivity index (χ0) is 21.2. The molecule has 2 heterocycles. The maximum absolute atomic E-state index is 12.6. The molecular weight excluding hydrogens is 406 g/mol. The SMILES string of the molecule is C[C@@H]1CCc2c(sc3ncnc(Oc4cccc(C(=O)NCc5ccccc5)c4)c23)C1. The van der Waals surface area contributed by atoms with Crippen molar-refractivity contribution in [2.45, 2.75) is 32.7 Å². The van der Waals surface area contributed by atoms with Crippen molar-refractivity contribution >= 4 is 27.5 Å². The van der Waals surface area contributed by atoms with Crippen molar-refractivity contribution in [2.24, 2.45) is 5.92 Å². The Bertz CT molecular complexity index is 1240. The van der Waals surface area contributed by atoms with E-state index in [9.17, 15) is 4.79 Å². The van der Waals surface area contributed by atoms with Gasteiger partial charge in [0.05, 0.1) is 5.39 Å². The lowest BCUT2D eigenvalue weighted by atomic mass is 9.89. The third-order valence-electron chi connectivity index (χ3n) is 5.66. The summed E-state index contributed by atoms with van der Waals surface area (Å²) in [4.78, 5) is 23.9. The molecule has 0 aliphatic heterocycles. The van der Waals surface area contributed by atoms with Crippen LogP contribution in [0.1, 0.15) is 39.7 Å². The van der Waals surface area contributed by atoms with Crippen LogP contribution in [0.5, 0.6) is 11.6 Å². The smallest absolute Gasteiger partial charge is 0.251 e. The Morgan fingerprint density at radius 1 is 1.16 bits per heavy atom. The number of carbonyl (C=O) groups is 1. The van der Waals surface area contributed by atoms with Crippen LogP contribution in [-0.4, -0.2) is 15.9 Å². The summed E-state index contributed by atoms with van der Waals surface area (Å²) in [6.45, 7) is 2.78. The van der Waals surface area contributed by atoms with Gasteiger partial charge in [-0.2, -0.15) is 0 Å². The molecule has 5 rings (SSSR count). The molecule has 2 aromatic heterocycles. The van der Waals surface area contributed by atoms with Crippen LogP contribution in [0, 0.1) is 5.92 Å². The van der Waals surface area contributed by atoms with E-state index in [1.54, 1.807) is 29.8 Å². The van der Waals surface area contributed by atoms with Crippen LogP contribution in [0.15, 0.2) is 60.9 Å². The summed E-state index contributed by atoms with van der Waals surface area (Å²) in [6.07, 6.45) is 4.85. The van der Waals surface area contributed by atoms with Crippen molar-refractivity contribution < 1.29 is 9.53 Å². The number of ether oxygens (including phenoxy) is 1. The fraction of sp³-hybridized carbons (Fsp3) is 0.240. The van der Waals surface area contributed by atoms with Gasteiger partial charge in [0.1, 0.15) is 16.9 Å². The third kappa shape index (κ3) is 4.16. The largest absolute Gasteiger partial charge is 0.438 e. The second-order valence-electron chi connectivity index (χ2n) is 8.01. The normalized spacial score (nSPS) is 15.5. The van der Waals surface area contributed by atoms with Crippen molar-refractivity contribution in [2.75, 3.05) is 0 Å². The number of thiophene rings is 1. The van der Waals surface area contributed by atoms with E-state index in [-0.39, 0.29) is 5.91 Å². The Labute approximate surface area is 185 Å². The fourth-order valence-corrected chi connectivity index (χ4v) is 5.36. The minimum Gasteiger partial charge on any atom is -0.438 e. The maximum atomic E-state index is 12.6. The van der Waals surface area contributed by atoms with E-state index in [0.717, 1.165) is 28.6 Å². The van der Waals surface area contributed by atoms with Gasteiger partial charge in [-0.3, -0.25) is 4.79 Å². The van der Waals surface area contributed by atoms with Gasteiger partial charge in [-0.15, -0.1) is 11.3 Å². The van der Waals surface area contributed by atoms with Gasteiger partial charge in [0.15, 0.2) is 0 Å². The first kappa shape index (κ1) is 19.7. The molecule has 0 bridgehead atoms. The van der Waals surface area contributed by atoms with Gasteiger partial charge in [-0.1, -0.05) is 43.3 Å². The minimum atomic E-state index is -0.135. The summed E-state index contributed by atoms with van der Waals surface area (Å²) >= 11 is 1.75.